The Morgan fingerprint density at radius 2 is 2.33 bits per heavy atom. The first-order chi connectivity index (χ1) is 5.69. The molecule has 1 aromatic heterocycles. The van der Waals surface area contributed by atoms with Crippen LogP contribution < -0.4 is 0 Å². The molecule has 0 atom stereocenters. The van der Waals surface area contributed by atoms with Crippen LogP contribution in [0.2, 0.25) is 5.15 Å². The van der Waals surface area contributed by atoms with E-state index in [2.05, 4.69) is 4.98 Å². The van der Waals surface area contributed by atoms with Crippen LogP contribution in [0.25, 0.3) is 0 Å². The molecule has 0 aromatic carbocycles. The minimum Gasteiger partial charge on any atom is -0.223 e. The Labute approximate surface area is 73.6 Å². The number of nitriles is 1. The fourth-order valence-corrected chi connectivity index (χ4v) is 0.827. The van der Waals surface area contributed by atoms with Crippen molar-refractivity contribution in [1.82, 2.24) is 4.98 Å². The Kier molecular flexibility index (Phi) is 2.28. The van der Waals surface area contributed by atoms with Crippen LogP contribution >= 0.6 is 11.6 Å². The molecule has 0 spiro atoms. The Morgan fingerprint density at radius 1 is 1.67 bits per heavy atom. The highest BCUT2D eigenvalue weighted by Crippen LogP contribution is 2.15. The van der Waals surface area contributed by atoms with Gasteiger partial charge < -0.3 is 0 Å². The van der Waals surface area contributed by atoms with Crippen LogP contribution in [-0.4, -0.2) is 4.98 Å². The van der Waals surface area contributed by atoms with Crippen molar-refractivity contribution in [3.05, 3.63) is 28.3 Å². The number of rotatable bonds is 0. The summed E-state index contributed by atoms with van der Waals surface area (Å²) in [6, 6.07) is 2.65. The molecule has 0 bridgehead atoms. The third-order valence-corrected chi connectivity index (χ3v) is 1.47. The van der Waals surface area contributed by atoms with Gasteiger partial charge in [0, 0.05) is 0 Å². The van der Waals surface area contributed by atoms with Crippen molar-refractivity contribution in [3.8, 4) is 18.4 Å². The topological polar surface area (TPSA) is 36.7 Å². The first-order valence-corrected chi connectivity index (χ1v) is 3.29. The van der Waals surface area contributed by atoms with E-state index in [0.29, 0.717) is 0 Å². The molecule has 0 amide bonds. The van der Waals surface area contributed by atoms with Crippen molar-refractivity contribution < 1.29 is 4.39 Å². The van der Waals surface area contributed by atoms with Crippen molar-refractivity contribution in [1.29, 1.82) is 5.26 Å². The SMILES string of the molecule is C#Cc1nc(Cl)c(C#N)cc1F. The van der Waals surface area contributed by atoms with Gasteiger partial charge in [0.25, 0.3) is 0 Å². The molecular weight excluding hydrogens is 179 g/mol. The van der Waals surface area contributed by atoms with Gasteiger partial charge in [-0.25, -0.2) is 9.37 Å². The van der Waals surface area contributed by atoms with Gasteiger partial charge in [-0.05, 0) is 12.0 Å². The summed E-state index contributed by atoms with van der Waals surface area (Å²) in [6.45, 7) is 0. The molecule has 1 aromatic rings. The maximum Gasteiger partial charge on any atom is 0.158 e. The van der Waals surface area contributed by atoms with Crippen LogP contribution in [0.4, 0.5) is 4.39 Å². The molecule has 0 aliphatic carbocycles. The largest absolute Gasteiger partial charge is 0.223 e. The first-order valence-electron chi connectivity index (χ1n) is 2.91. The Balaban J connectivity index is 3.41. The van der Waals surface area contributed by atoms with Gasteiger partial charge in [-0.15, -0.1) is 6.42 Å². The maximum absolute atomic E-state index is 12.8. The molecule has 0 fully saturated rings. The fraction of sp³-hybridized carbons (Fsp3) is 0. The molecular formula is C8H2ClFN2. The number of nitrogens with zero attached hydrogens (tertiary/aromatic N) is 2. The smallest absolute Gasteiger partial charge is 0.158 e. The highest BCUT2D eigenvalue weighted by atomic mass is 35.5. The van der Waals surface area contributed by atoms with Gasteiger partial charge in [0.05, 0.1) is 5.56 Å². The van der Waals surface area contributed by atoms with Crippen LogP contribution in [0.15, 0.2) is 6.07 Å². The molecule has 0 aliphatic rings. The lowest BCUT2D eigenvalue weighted by Crippen LogP contribution is -1.92. The van der Waals surface area contributed by atoms with Crippen molar-refractivity contribution in [2.45, 2.75) is 0 Å². The summed E-state index contributed by atoms with van der Waals surface area (Å²) in [6.07, 6.45) is 4.92. The number of hydrogen-bond acceptors (Lipinski definition) is 2. The number of hydrogen-bond donors (Lipinski definition) is 0. The molecule has 0 N–H and O–H groups in total. The van der Waals surface area contributed by atoms with E-state index in [1.54, 1.807) is 6.07 Å². The second kappa shape index (κ2) is 3.21. The lowest BCUT2D eigenvalue weighted by atomic mass is 10.2. The minimum atomic E-state index is -0.710. The molecule has 12 heavy (non-hydrogen) atoms. The van der Waals surface area contributed by atoms with Crippen LogP contribution in [0.3, 0.4) is 0 Å². The first kappa shape index (κ1) is 8.52. The summed E-state index contributed by atoms with van der Waals surface area (Å²) in [5.41, 5.74) is -0.202. The molecule has 58 valence electrons. The zero-order chi connectivity index (χ0) is 9.14. The summed E-state index contributed by atoms with van der Waals surface area (Å²) < 4.78 is 12.8. The number of terminal acetylenes is 1. The van der Waals surface area contributed by atoms with Gasteiger partial charge in [0.1, 0.15) is 16.9 Å². The normalized spacial score (nSPS) is 8.67. The molecule has 0 aliphatic heterocycles. The van der Waals surface area contributed by atoms with E-state index in [1.807, 2.05) is 5.92 Å². The Morgan fingerprint density at radius 3 is 2.83 bits per heavy atom. The zero-order valence-electron chi connectivity index (χ0n) is 5.81. The monoisotopic (exact) mass is 180 g/mol. The van der Waals surface area contributed by atoms with E-state index in [4.69, 9.17) is 23.3 Å². The number of halogens is 2. The van der Waals surface area contributed by atoms with E-state index < -0.39 is 5.82 Å². The van der Waals surface area contributed by atoms with Gasteiger partial charge in [-0.2, -0.15) is 5.26 Å². The number of pyridine rings is 1. The maximum atomic E-state index is 12.8. The second-order valence-corrected chi connectivity index (χ2v) is 2.27. The molecule has 0 saturated carbocycles. The van der Waals surface area contributed by atoms with Crippen molar-refractivity contribution in [2.75, 3.05) is 0 Å². The third-order valence-electron chi connectivity index (χ3n) is 1.19. The summed E-state index contributed by atoms with van der Waals surface area (Å²) in [5.74, 6) is 1.30. The molecule has 2 nitrogen and oxygen atoms in total. The summed E-state index contributed by atoms with van der Waals surface area (Å²) in [7, 11) is 0. The minimum absolute atomic E-state index is 0.0202. The van der Waals surface area contributed by atoms with E-state index >= 15 is 0 Å². The standard InChI is InChI=1S/C8H2ClFN2/c1-2-7-6(10)3-5(4-11)8(9)12-7/h1,3H. The highest BCUT2D eigenvalue weighted by molar-refractivity contribution is 6.30. The summed E-state index contributed by atoms with van der Waals surface area (Å²) >= 11 is 5.48. The van der Waals surface area contributed by atoms with Crippen molar-refractivity contribution in [2.24, 2.45) is 0 Å². The predicted molar refractivity (Wildman–Crippen MR) is 41.9 cm³/mol. The Hall–Kier alpha value is -1.58. The quantitative estimate of drug-likeness (QED) is 0.450. The summed E-state index contributed by atoms with van der Waals surface area (Å²) in [4.78, 5) is 3.49. The van der Waals surface area contributed by atoms with Gasteiger partial charge >= 0.3 is 0 Å². The van der Waals surface area contributed by atoms with Gasteiger partial charge in [0.15, 0.2) is 5.82 Å². The molecule has 0 unspecified atom stereocenters. The number of aromatic nitrogens is 1. The predicted octanol–water partition coefficient (Wildman–Crippen LogP) is 1.73. The lowest BCUT2D eigenvalue weighted by molar-refractivity contribution is 0.616. The van der Waals surface area contributed by atoms with Crippen molar-refractivity contribution >= 4 is 11.6 Å². The molecule has 0 radical (unpaired) electrons. The average molecular weight is 181 g/mol. The van der Waals surface area contributed by atoms with E-state index in [9.17, 15) is 4.39 Å². The molecule has 1 heterocycles. The van der Waals surface area contributed by atoms with Crippen LogP contribution in [0, 0.1) is 29.5 Å². The zero-order valence-corrected chi connectivity index (χ0v) is 6.56. The Bertz CT molecular complexity index is 361. The molecule has 0 saturated heterocycles. The van der Waals surface area contributed by atoms with Crippen molar-refractivity contribution in [3.63, 3.8) is 0 Å². The second-order valence-electron chi connectivity index (χ2n) is 1.91. The van der Waals surface area contributed by atoms with E-state index in [0.717, 1.165) is 6.07 Å². The van der Waals surface area contributed by atoms with Crippen LogP contribution in [0.1, 0.15) is 11.3 Å². The van der Waals surface area contributed by atoms with Crippen LogP contribution in [0.5, 0.6) is 0 Å². The van der Waals surface area contributed by atoms with Gasteiger partial charge in [-0.1, -0.05) is 11.6 Å². The van der Waals surface area contributed by atoms with Crippen LogP contribution in [-0.2, 0) is 0 Å². The fourth-order valence-electron chi connectivity index (χ4n) is 0.646. The molecule has 4 heteroatoms. The van der Waals surface area contributed by atoms with E-state index in [1.165, 1.54) is 0 Å². The average Bonchev–Trinajstić information content (AvgIpc) is 2.08. The van der Waals surface area contributed by atoms with Gasteiger partial charge in [0.2, 0.25) is 0 Å². The summed E-state index contributed by atoms with van der Waals surface area (Å²) in [5, 5.41) is 8.34. The lowest BCUT2D eigenvalue weighted by Gasteiger charge is -1.96. The third kappa shape index (κ3) is 1.37. The van der Waals surface area contributed by atoms with E-state index in [-0.39, 0.29) is 16.4 Å². The highest BCUT2D eigenvalue weighted by Gasteiger charge is 2.07. The molecule has 1 rings (SSSR count). The van der Waals surface area contributed by atoms with Gasteiger partial charge in [-0.3, -0.25) is 0 Å².